The highest BCUT2D eigenvalue weighted by Gasteiger charge is 2.06. The first-order valence-electron chi connectivity index (χ1n) is 3.29. The van der Waals surface area contributed by atoms with E-state index in [0.717, 1.165) is 0 Å². The van der Waals surface area contributed by atoms with Gasteiger partial charge in [-0.2, -0.15) is 0 Å². The molecule has 46 valence electrons. The number of piperidine rings is 1. The molecule has 1 fully saturated rings. The molecule has 8 heavy (non-hydrogen) atoms. The Morgan fingerprint density at radius 1 is 1.50 bits per heavy atom. The van der Waals surface area contributed by atoms with Gasteiger partial charge in [-0.3, -0.25) is 0 Å². The fraction of sp³-hybridized carbons (Fsp3) is 0.714. The van der Waals surface area contributed by atoms with Crippen LogP contribution in [0.25, 0.3) is 0 Å². The van der Waals surface area contributed by atoms with E-state index in [0.29, 0.717) is 6.04 Å². The van der Waals surface area contributed by atoms with E-state index in [-0.39, 0.29) is 0 Å². The van der Waals surface area contributed by atoms with Crippen molar-refractivity contribution in [1.82, 2.24) is 5.32 Å². The Hall–Kier alpha value is -0.300. The monoisotopic (exact) mass is 111 g/mol. The van der Waals surface area contributed by atoms with E-state index < -0.39 is 0 Å². The lowest BCUT2D eigenvalue weighted by atomic mass is 10.1. The zero-order valence-corrected chi connectivity index (χ0v) is 5.19. The van der Waals surface area contributed by atoms with Crippen molar-refractivity contribution in [3.8, 4) is 0 Å². The number of hydrogen-bond acceptors (Lipinski definition) is 1. The first kappa shape index (κ1) is 5.83. The molecule has 0 aliphatic carbocycles. The molecule has 0 saturated carbocycles. The highest BCUT2D eigenvalue weighted by atomic mass is 14.9. The van der Waals surface area contributed by atoms with Crippen LogP contribution in [-0.2, 0) is 0 Å². The topological polar surface area (TPSA) is 12.0 Å². The van der Waals surface area contributed by atoms with E-state index in [1.807, 2.05) is 6.08 Å². The predicted octanol–water partition coefficient (Wildman–Crippen LogP) is 1.31. The molecule has 0 aromatic carbocycles. The standard InChI is InChI=1S/C7H13N/c1-2-7-5-3-4-6-8-7/h2,7-8H,1,3-6H2. The molecule has 1 unspecified atom stereocenters. The van der Waals surface area contributed by atoms with Crippen LogP contribution in [0.1, 0.15) is 19.3 Å². The third kappa shape index (κ3) is 1.34. The van der Waals surface area contributed by atoms with Crippen LogP contribution in [-0.4, -0.2) is 12.6 Å². The summed E-state index contributed by atoms with van der Waals surface area (Å²) in [5.74, 6) is 0. The molecule has 1 heterocycles. The lowest BCUT2D eigenvalue weighted by molar-refractivity contribution is 0.455. The van der Waals surface area contributed by atoms with Crippen molar-refractivity contribution in [2.75, 3.05) is 6.54 Å². The SMILES string of the molecule is C=CC1CCCCN1. The number of hydrogen-bond donors (Lipinski definition) is 1. The van der Waals surface area contributed by atoms with Crippen molar-refractivity contribution >= 4 is 0 Å². The molecule has 1 N–H and O–H groups in total. The molecule has 0 amide bonds. The molecule has 0 aromatic rings. The maximum absolute atomic E-state index is 3.72. The Balaban J connectivity index is 2.22. The predicted molar refractivity (Wildman–Crippen MR) is 35.8 cm³/mol. The highest BCUT2D eigenvalue weighted by Crippen LogP contribution is 2.06. The Labute approximate surface area is 50.8 Å². The van der Waals surface area contributed by atoms with Gasteiger partial charge in [-0.25, -0.2) is 0 Å². The fourth-order valence-electron chi connectivity index (χ4n) is 1.08. The van der Waals surface area contributed by atoms with Crippen molar-refractivity contribution in [2.45, 2.75) is 25.3 Å². The van der Waals surface area contributed by atoms with Crippen LogP contribution in [0.4, 0.5) is 0 Å². The van der Waals surface area contributed by atoms with Crippen molar-refractivity contribution in [2.24, 2.45) is 0 Å². The van der Waals surface area contributed by atoms with Gasteiger partial charge >= 0.3 is 0 Å². The van der Waals surface area contributed by atoms with Gasteiger partial charge in [0.1, 0.15) is 0 Å². The minimum absolute atomic E-state index is 0.601. The minimum atomic E-state index is 0.601. The molecular formula is C7H13N. The molecule has 0 radical (unpaired) electrons. The van der Waals surface area contributed by atoms with Gasteiger partial charge in [-0.15, -0.1) is 6.58 Å². The van der Waals surface area contributed by atoms with Crippen LogP contribution in [0.2, 0.25) is 0 Å². The second-order valence-electron chi connectivity index (χ2n) is 2.29. The average Bonchev–Trinajstić information content (AvgIpc) is 1.90. The third-order valence-corrected chi connectivity index (χ3v) is 1.63. The lowest BCUT2D eigenvalue weighted by Gasteiger charge is -2.19. The molecular weight excluding hydrogens is 98.1 g/mol. The van der Waals surface area contributed by atoms with Crippen LogP contribution < -0.4 is 5.32 Å². The highest BCUT2D eigenvalue weighted by molar-refractivity contribution is 4.87. The van der Waals surface area contributed by atoms with Crippen LogP contribution in [0.3, 0.4) is 0 Å². The summed E-state index contributed by atoms with van der Waals surface area (Å²) in [6, 6.07) is 0.601. The zero-order valence-electron chi connectivity index (χ0n) is 5.19. The first-order chi connectivity index (χ1) is 3.93. The molecule has 1 aliphatic heterocycles. The normalized spacial score (nSPS) is 29.8. The second-order valence-corrected chi connectivity index (χ2v) is 2.29. The van der Waals surface area contributed by atoms with Gasteiger partial charge in [0.15, 0.2) is 0 Å². The van der Waals surface area contributed by atoms with Gasteiger partial charge in [0.2, 0.25) is 0 Å². The van der Waals surface area contributed by atoms with E-state index in [1.165, 1.54) is 25.8 Å². The average molecular weight is 111 g/mol. The quantitative estimate of drug-likeness (QED) is 0.503. The summed E-state index contributed by atoms with van der Waals surface area (Å²) in [4.78, 5) is 0. The van der Waals surface area contributed by atoms with E-state index in [2.05, 4.69) is 11.9 Å². The summed E-state index contributed by atoms with van der Waals surface area (Å²) in [5.41, 5.74) is 0. The summed E-state index contributed by atoms with van der Waals surface area (Å²) in [6.45, 7) is 4.90. The molecule has 1 heteroatoms. The van der Waals surface area contributed by atoms with Crippen molar-refractivity contribution in [3.05, 3.63) is 12.7 Å². The molecule has 1 atom stereocenters. The van der Waals surface area contributed by atoms with Gasteiger partial charge in [0, 0.05) is 6.04 Å². The minimum Gasteiger partial charge on any atom is -0.311 e. The summed E-state index contributed by atoms with van der Waals surface area (Å²) < 4.78 is 0. The van der Waals surface area contributed by atoms with Gasteiger partial charge in [-0.1, -0.05) is 12.5 Å². The molecule has 1 saturated heterocycles. The molecule has 0 aromatic heterocycles. The molecule has 1 aliphatic rings. The summed E-state index contributed by atoms with van der Waals surface area (Å²) in [6.07, 6.45) is 5.98. The second kappa shape index (κ2) is 2.88. The summed E-state index contributed by atoms with van der Waals surface area (Å²) in [7, 11) is 0. The Morgan fingerprint density at radius 2 is 2.38 bits per heavy atom. The van der Waals surface area contributed by atoms with Crippen LogP contribution >= 0.6 is 0 Å². The van der Waals surface area contributed by atoms with E-state index in [1.54, 1.807) is 0 Å². The maximum Gasteiger partial charge on any atom is 0.0247 e. The lowest BCUT2D eigenvalue weighted by Crippen LogP contribution is -2.31. The van der Waals surface area contributed by atoms with Gasteiger partial charge < -0.3 is 5.32 Å². The molecule has 1 rings (SSSR count). The van der Waals surface area contributed by atoms with Crippen LogP contribution in [0.15, 0.2) is 12.7 Å². The smallest absolute Gasteiger partial charge is 0.0247 e. The number of nitrogens with one attached hydrogen (secondary N) is 1. The summed E-state index contributed by atoms with van der Waals surface area (Å²) in [5, 5.41) is 3.35. The van der Waals surface area contributed by atoms with Gasteiger partial charge in [0.25, 0.3) is 0 Å². The molecule has 1 nitrogen and oxygen atoms in total. The van der Waals surface area contributed by atoms with Crippen LogP contribution in [0, 0.1) is 0 Å². The van der Waals surface area contributed by atoms with E-state index in [9.17, 15) is 0 Å². The van der Waals surface area contributed by atoms with Gasteiger partial charge in [-0.05, 0) is 19.4 Å². The van der Waals surface area contributed by atoms with E-state index in [4.69, 9.17) is 0 Å². The van der Waals surface area contributed by atoms with Crippen molar-refractivity contribution < 1.29 is 0 Å². The number of rotatable bonds is 1. The molecule has 0 bridgehead atoms. The van der Waals surface area contributed by atoms with Crippen LogP contribution in [0.5, 0.6) is 0 Å². The van der Waals surface area contributed by atoms with Gasteiger partial charge in [0.05, 0.1) is 0 Å². The Morgan fingerprint density at radius 3 is 2.75 bits per heavy atom. The zero-order chi connectivity index (χ0) is 5.82. The Kier molecular flexibility index (Phi) is 2.10. The third-order valence-electron chi connectivity index (χ3n) is 1.63. The fourth-order valence-corrected chi connectivity index (χ4v) is 1.08. The summed E-state index contributed by atoms with van der Waals surface area (Å²) >= 11 is 0. The molecule has 0 spiro atoms. The van der Waals surface area contributed by atoms with E-state index >= 15 is 0 Å². The maximum atomic E-state index is 3.72. The first-order valence-corrected chi connectivity index (χ1v) is 3.29. The van der Waals surface area contributed by atoms with Crippen molar-refractivity contribution in [1.29, 1.82) is 0 Å². The van der Waals surface area contributed by atoms with Crippen molar-refractivity contribution in [3.63, 3.8) is 0 Å². The Bertz CT molecular complexity index is 72.5. The largest absolute Gasteiger partial charge is 0.311 e.